The van der Waals surface area contributed by atoms with Crippen molar-refractivity contribution in [2.75, 3.05) is 0 Å². The van der Waals surface area contributed by atoms with Crippen LogP contribution in [-0.2, 0) is 6.54 Å². The van der Waals surface area contributed by atoms with Crippen LogP contribution < -0.4 is 5.69 Å². The fourth-order valence-electron chi connectivity index (χ4n) is 2.24. The highest BCUT2D eigenvalue weighted by Gasteiger charge is 2.07. The van der Waals surface area contributed by atoms with E-state index in [1.165, 1.54) is 0 Å². The quantitative estimate of drug-likeness (QED) is 0.772. The van der Waals surface area contributed by atoms with Gasteiger partial charge in [-0.1, -0.05) is 34.1 Å². The number of aryl methyl sites for hydroxylation is 1. The first-order chi connectivity index (χ1) is 9.13. The predicted molar refractivity (Wildman–Crippen MR) is 80.5 cm³/mol. The van der Waals surface area contributed by atoms with Crippen LogP contribution in [0.2, 0.25) is 0 Å². The summed E-state index contributed by atoms with van der Waals surface area (Å²) in [7, 11) is 0. The van der Waals surface area contributed by atoms with E-state index in [4.69, 9.17) is 0 Å². The van der Waals surface area contributed by atoms with Gasteiger partial charge in [0.2, 0.25) is 0 Å². The molecule has 3 rings (SSSR count). The topological polar surface area (TPSA) is 37.8 Å². The van der Waals surface area contributed by atoms with Crippen molar-refractivity contribution in [3.8, 4) is 0 Å². The van der Waals surface area contributed by atoms with E-state index in [0.29, 0.717) is 6.54 Å². The lowest BCUT2D eigenvalue weighted by atomic mass is 10.2. The molecule has 3 nitrogen and oxygen atoms in total. The number of rotatable bonds is 2. The van der Waals surface area contributed by atoms with E-state index < -0.39 is 0 Å². The number of nitrogens with zero attached hydrogens (tertiary/aromatic N) is 1. The van der Waals surface area contributed by atoms with E-state index >= 15 is 0 Å². The van der Waals surface area contributed by atoms with Crippen LogP contribution in [0.4, 0.5) is 0 Å². The molecule has 1 heterocycles. The van der Waals surface area contributed by atoms with Gasteiger partial charge < -0.3 is 4.98 Å². The van der Waals surface area contributed by atoms with Gasteiger partial charge in [-0.2, -0.15) is 0 Å². The van der Waals surface area contributed by atoms with Crippen LogP contribution in [0, 0.1) is 6.92 Å². The summed E-state index contributed by atoms with van der Waals surface area (Å²) >= 11 is 3.45. The van der Waals surface area contributed by atoms with Crippen LogP contribution in [0.5, 0.6) is 0 Å². The minimum atomic E-state index is -0.0689. The first-order valence-electron chi connectivity index (χ1n) is 6.07. The molecule has 0 saturated heterocycles. The van der Waals surface area contributed by atoms with Crippen molar-refractivity contribution in [3.63, 3.8) is 0 Å². The monoisotopic (exact) mass is 316 g/mol. The van der Waals surface area contributed by atoms with Crippen molar-refractivity contribution in [2.45, 2.75) is 13.5 Å². The van der Waals surface area contributed by atoms with Crippen LogP contribution in [0.1, 0.15) is 11.1 Å². The summed E-state index contributed by atoms with van der Waals surface area (Å²) in [5, 5.41) is 0. The van der Waals surface area contributed by atoms with E-state index in [9.17, 15) is 4.79 Å². The SMILES string of the molecule is Cc1ccc2[nH]c(=O)n(Cc3cccc(Br)c3)c2c1. The number of halogens is 1. The molecular weight excluding hydrogens is 304 g/mol. The third-order valence-corrected chi connectivity index (χ3v) is 3.65. The molecule has 0 aliphatic rings. The Balaban J connectivity index is 2.12. The Labute approximate surface area is 119 Å². The maximum Gasteiger partial charge on any atom is 0.326 e. The van der Waals surface area contributed by atoms with Gasteiger partial charge in [0.25, 0.3) is 0 Å². The molecule has 1 N–H and O–H groups in total. The van der Waals surface area contributed by atoms with Gasteiger partial charge in [0, 0.05) is 4.47 Å². The number of H-pyrrole nitrogens is 1. The largest absolute Gasteiger partial charge is 0.326 e. The lowest BCUT2D eigenvalue weighted by molar-refractivity contribution is 0.786. The normalized spacial score (nSPS) is 11.1. The zero-order valence-electron chi connectivity index (χ0n) is 10.5. The molecule has 0 saturated carbocycles. The molecule has 2 aromatic carbocycles. The van der Waals surface area contributed by atoms with Crippen molar-refractivity contribution in [3.05, 3.63) is 68.5 Å². The molecule has 0 aliphatic heterocycles. The van der Waals surface area contributed by atoms with Gasteiger partial charge in [0.05, 0.1) is 17.6 Å². The number of aromatic nitrogens is 2. The first kappa shape index (κ1) is 12.2. The molecule has 4 heteroatoms. The number of hydrogen-bond donors (Lipinski definition) is 1. The molecule has 3 aromatic rings. The molecular formula is C15H13BrN2O. The molecule has 19 heavy (non-hydrogen) atoms. The average Bonchev–Trinajstić information content (AvgIpc) is 2.66. The second kappa shape index (κ2) is 4.70. The second-order valence-corrected chi connectivity index (χ2v) is 5.58. The summed E-state index contributed by atoms with van der Waals surface area (Å²) < 4.78 is 2.79. The summed E-state index contributed by atoms with van der Waals surface area (Å²) in [6.07, 6.45) is 0. The maximum absolute atomic E-state index is 12.0. The third-order valence-electron chi connectivity index (χ3n) is 3.16. The molecule has 1 aromatic heterocycles. The smallest absolute Gasteiger partial charge is 0.306 e. The molecule has 0 amide bonds. The summed E-state index contributed by atoms with van der Waals surface area (Å²) in [6, 6.07) is 14.0. The summed E-state index contributed by atoms with van der Waals surface area (Å²) in [5.74, 6) is 0. The number of fused-ring (bicyclic) bond motifs is 1. The van der Waals surface area contributed by atoms with Crippen molar-refractivity contribution in [1.82, 2.24) is 9.55 Å². The van der Waals surface area contributed by atoms with Gasteiger partial charge in [0.15, 0.2) is 0 Å². The average molecular weight is 317 g/mol. The zero-order chi connectivity index (χ0) is 13.4. The number of nitrogens with one attached hydrogen (secondary N) is 1. The van der Waals surface area contributed by atoms with Crippen LogP contribution in [-0.4, -0.2) is 9.55 Å². The molecule has 0 atom stereocenters. The first-order valence-corrected chi connectivity index (χ1v) is 6.86. The van der Waals surface area contributed by atoms with Crippen molar-refractivity contribution >= 4 is 27.0 Å². The predicted octanol–water partition coefficient (Wildman–Crippen LogP) is 3.45. The molecule has 0 radical (unpaired) electrons. The van der Waals surface area contributed by atoms with E-state index in [2.05, 4.69) is 20.9 Å². The van der Waals surface area contributed by atoms with E-state index in [1.807, 2.05) is 49.4 Å². The Morgan fingerprint density at radius 3 is 2.84 bits per heavy atom. The van der Waals surface area contributed by atoms with Gasteiger partial charge in [-0.3, -0.25) is 4.57 Å². The Morgan fingerprint density at radius 2 is 2.05 bits per heavy atom. The lowest BCUT2D eigenvalue weighted by Crippen LogP contribution is -2.17. The van der Waals surface area contributed by atoms with E-state index in [0.717, 1.165) is 26.6 Å². The number of hydrogen-bond acceptors (Lipinski definition) is 1. The van der Waals surface area contributed by atoms with Crippen LogP contribution in [0.15, 0.2) is 51.7 Å². The van der Waals surface area contributed by atoms with Crippen LogP contribution in [0.3, 0.4) is 0 Å². The lowest BCUT2D eigenvalue weighted by Gasteiger charge is -2.04. The Hall–Kier alpha value is -1.81. The number of imidazole rings is 1. The molecule has 0 aliphatic carbocycles. The Bertz CT molecular complexity index is 801. The number of aromatic amines is 1. The molecule has 0 unspecified atom stereocenters. The zero-order valence-corrected chi connectivity index (χ0v) is 12.1. The summed E-state index contributed by atoms with van der Waals surface area (Å²) in [4.78, 5) is 14.9. The van der Waals surface area contributed by atoms with E-state index in [-0.39, 0.29) is 5.69 Å². The van der Waals surface area contributed by atoms with Crippen molar-refractivity contribution < 1.29 is 0 Å². The van der Waals surface area contributed by atoms with Crippen LogP contribution >= 0.6 is 15.9 Å². The van der Waals surface area contributed by atoms with Gasteiger partial charge in [-0.15, -0.1) is 0 Å². The second-order valence-electron chi connectivity index (χ2n) is 4.67. The molecule has 0 spiro atoms. The summed E-state index contributed by atoms with van der Waals surface area (Å²) in [5.41, 5.74) is 4.00. The Kier molecular flexibility index (Phi) is 3.03. The fourth-order valence-corrected chi connectivity index (χ4v) is 2.68. The highest BCUT2D eigenvalue weighted by Crippen LogP contribution is 2.16. The Morgan fingerprint density at radius 1 is 1.21 bits per heavy atom. The minimum Gasteiger partial charge on any atom is -0.306 e. The van der Waals surface area contributed by atoms with Gasteiger partial charge in [-0.25, -0.2) is 4.79 Å². The highest BCUT2D eigenvalue weighted by molar-refractivity contribution is 9.10. The van der Waals surface area contributed by atoms with Gasteiger partial charge >= 0.3 is 5.69 Å². The fraction of sp³-hybridized carbons (Fsp3) is 0.133. The van der Waals surface area contributed by atoms with Crippen molar-refractivity contribution in [2.24, 2.45) is 0 Å². The molecule has 0 fully saturated rings. The van der Waals surface area contributed by atoms with Crippen LogP contribution in [0.25, 0.3) is 11.0 Å². The van der Waals surface area contributed by atoms with Gasteiger partial charge in [-0.05, 0) is 42.3 Å². The number of benzene rings is 2. The molecule has 96 valence electrons. The highest BCUT2D eigenvalue weighted by atomic mass is 79.9. The van der Waals surface area contributed by atoms with Gasteiger partial charge in [0.1, 0.15) is 0 Å². The maximum atomic E-state index is 12.0. The summed E-state index contributed by atoms with van der Waals surface area (Å²) in [6.45, 7) is 2.60. The minimum absolute atomic E-state index is 0.0689. The van der Waals surface area contributed by atoms with E-state index in [1.54, 1.807) is 4.57 Å². The van der Waals surface area contributed by atoms with Crippen molar-refractivity contribution in [1.29, 1.82) is 0 Å². The standard InChI is InChI=1S/C15H13BrN2O/c1-10-5-6-13-14(7-10)18(15(19)17-13)9-11-3-2-4-12(16)8-11/h2-8H,9H2,1H3,(H,17,19). The third kappa shape index (κ3) is 2.36. The molecule has 0 bridgehead atoms.